The summed E-state index contributed by atoms with van der Waals surface area (Å²) in [5.74, 6) is -0.122. The Morgan fingerprint density at radius 1 is 1.64 bits per heavy atom. The number of rotatable bonds is 4. The summed E-state index contributed by atoms with van der Waals surface area (Å²) in [6.45, 7) is 2.59. The van der Waals surface area contributed by atoms with E-state index in [9.17, 15) is 4.79 Å². The van der Waals surface area contributed by atoms with Gasteiger partial charge in [-0.15, -0.1) is 11.3 Å². The van der Waals surface area contributed by atoms with Gasteiger partial charge in [-0.05, 0) is 19.1 Å². The first-order valence-electron chi connectivity index (χ1n) is 4.18. The highest BCUT2D eigenvalue weighted by molar-refractivity contribution is 7.80. The Morgan fingerprint density at radius 2 is 2.36 bits per heavy atom. The lowest BCUT2D eigenvalue weighted by Crippen LogP contribution is -2.26. The van der Waals surface area contributed by atoms with Crippen LogP contribution in [-0.4, -0.2) is 10.9 Å². The van der Waals surface area contributed by atoms with Gasteiger partial charge in [0, 0.05) is 9.75 Å². The molecule has 1 heterocycles. The molecule has 0 saturated carbocycles. The number of hydrogen-bond acceptors (Lipinski definition) is 3. The second kappa shape index (κ2) is 5.07. The van der Waals surface area contributed by atoms with Gasteiger partial charge in [-0.25, -0.2) is 0 Å². The summed E-state index contributed by atoms with van der Waals surface area (Å²) in [5, 5.41) is 2.75. The number of thiocarbonyl (C=S) groups is 1. The maximum atomic E-state index is 11.2. The summed E-state index contributed by atoms with van der Waals surface area (Å²) in [6.07, 6.45) is 0.125. The molecule has 3 nitrogen and oxygen atoms in total. The van der Waals surface area contributed by atoms with Crippen LogP contribution in [0.15, 0.2) is 12.1 Å². The lowest BCUT2D eigenvalue weighted by atomic mass is 10.4. The molecule has 0 aliphatic carbocycles. The second-order valence-electron chi connectivity index (χ2n) is 2.93. The zero-order valence-corrected chi connectivity index (χ0v) is 9.50. The van der Waals surface area contributed by atoms with Gasteiger partial charge in [-0.2, -0.15) is 0 Å². The first-order valence-corrected chi connectivity index (χ1v) is 5.40. The van der Waals surface area contributed by atoms with Gasteiger partial charge in [0.25, 0.3) is 0 Å². The number of aryl methyl sites for hydroxylation is 1. The Kier molecular flexibility index (Phi) is 4.03. The van der Waals surface area contributed by atoms with Crippen LogP contribution in [0, 0.1) is 6.92 Å². The first kappa shape index (κ1) is 11.1. The van der Waals surface area contributed by atoms with Crippen LogP contribution in [0.3, 0.4) is 0 Å². The smallest absolute Gasteiger partial charge is 0.227 e. The average Bonchev–Trinajstić information content (AvgIpc) is 2.47. The van der Waals surface area contributed by atoms with Crippen LogP contribution in [0.5, 0.6) is 0 Å². The topological polar surface area (TPSA) is 55.1 Å². The van der Waals surface area contributed by atoms with Crippen molar-refractivity contribution < 1.29 is 4.79 Å². The molecule has 14 heavy (non-hydrogen) atoms. The van der Waals surface area contributed by atoms with E-state index in [4.69, 9.17) is 5.73 Å². The Balaban J connectivity index is 2.34. The highest BCUT2D eigenvalue weighted by atomic mass is 32.1. The van der Waals surface area contributed by atoms with Crippen molar-refractivity contribution in [3.8, 4) is 0 Å². The van der Waals surface area contributed by atoms with Gasteiger partial charge < -0.3 is 11.1 Å². The Morgan fingerprint density at radius 3 is 2.86 bits per heavy atom. The second-order valence-corrected chi connectivity index (χ2v) is 4.83. The standard InChI is InChI=1S/C9H12N2OS2/c1-6-2-3-7(14-6)5-11-9(12)4-8(10)13/h2-3H,4-5H2,1H3,(H2,10,13)(H,11,12). The van der Waals surface area contributed by atoms with E-state index in [-0.39, 0.29) is 17.3 Å². The van der Waals surface area contributed by atoms with E-state index < -0.39 is 0 Å². The van der Waals surface area contributed by atoms with Gasteiger partial charge in [0.2, 0.25) is 5.91 Å². The fourth-order valence-electron chi connectivity index (χ4n) is 0.987. The van der Waals surface area contributed by atoms with Crippen molar-refractivity contribution in [1.29, 1.82) is 0 Å². The van der Waals surface area contributed by atoms with Crippen LogP contribution < -0.4 is 11.1 Å². The molecule has 0 fully saturated rings. The molecular weight excluding hydrogens is 216 g/mol. The predicted octanol–water partition coefficient (Wildman–Crippen LogP) is 1.35. The zero-order chi connectivity index (χ0) is 10.6. The van der Waals surface area contributed by atoms with Crippen LogP contribution in [0.2, 0.25) is 0 Å². The Bertz CT molecular complexity index is 346. The van der Waals surface area contributed by atoms with Crippen molar-refractivity contribution >= 4 is 34.5 Å². The number of hydrogen-bond donors (Lipinski definition) is 2. The molecule has 0 spiro atoms. The minimum atomic E-state index is -0.122. The number of amides is 1. The summed E-state index contributed by atoms with van der Waals surface area (Å²) in [6, 6.07) is 4.03. The molecule has 0 aliphatic heterocycles. The Labute approximate surface area is 92.3 Å². The summed E-state index contributed by atoms with van der Waals surface area (Å²) >= 11 is 6.30. The molecule has 0 atom stereocenters. The lowest BCUT2D eigenvalue weighted by Gasteiger charge is -2.01. The molecule has 0 aromatic carbocycles. The maximum Gasteiger partial charge on any atom is 0.227 e. The van der Waals surface area contributed by atoms with Crippen LogP contribution >= 0.6 is 23.6 Å². The third-order valence-corrected chi connectivity index (χ3v) is 2.74. The van der Waals surface area contributed by atoms with Crippen molar-refractivity contribution in [2.45, 2.75) is 19.9 Å². The molecule has 1 amide bonds. The van der Waals surface area contributed by atoms with Crippen molar-refractivity contribution in [2.24, 2.45) is 5.73 Å². The van der Waals surface area contributed by atoms with Gasteiger partial charge >= 0.3 is 0 Å². The number of thiophene rings is 1. The van der Waals surface area contributed by atoms with Crippen molar-refractivity contribution in [2.75, 3.05) is 0 Å². The summed E-state index contributed by atoms with van der Waals surface area (Å²) in [7, 11) is 0. The van der Waals surface area contributed by atoms with E-state index in [2.05, 4.69) is 17.5 Å². The van der Waals surface area contributed by atoms with Crippen molar-refractivity contribution in [1.82, 2.24) is 5.32 Å². The van der Waals surface area contributed by atoms with Crippen molar-refractivity contribution in [3.05, 3.63) is 21.9 Å². The molecule has 1 aromatic heterocycles. The number of carbonyl (C=O) groups excluding carboxylic acids is 1. The van der Waals surface area contributed by atoms with Gasteiger partial charge in [0.05, 0.1) is 18.0 Å². The molecule has 0 saturated heterocycles. The molecule has 1 aromatic rings. The molecule has 3 N–H and O–H groups in total. The Hall–Kier alpha value is -0.940. The van der Waals surface area contributed by atoms with E-state index in [1.54, 1.807) is 11.3 Å². The largest absolute Gasteiger partial charge is 0.393 e. The third-order valence-electron chi connectivity index (χ3n) is 1.59. The van der Waals surface area contributed by atoms with Gasteiger partial charge in [0.15, 0.2) is 0 Å². The molecular formula is C9H12N2OS2. The van der Waals surface area contributed by atoms with E-state index in [1.165, 1.54) is 4.88 Å². The van der Waals surface area contributed by atoms with E-state index in [0.29, 0.717) is 6.54 Å². The monoisotopic (exact) mass is 228 g/mol. The minimum Gasteiger partial charge on any atom is -0.393 e. The SMILES string of the molecule is Cc1ccc(CNC(=O)CC(N)=S)s1. The van der Waals surface area contributed by atoms with Crippen LogP contribution in [0.4, 0.5) is 0 Å². The zero-order valence-electron chi connectivity index (χ0n) is 7.87. The van der Waals surface area contributed by atoms with Crippen LogP contribution in [0.1, 0.15) is 16.2 Å². The number of nitrogens with two attached hydrogens (primary N) is 1. The molecule has 76 valence electrons. The van der Waals surface area contributed by atoms with Crippen LogP contribution in [0.25, 0.3) is 0 Å². The highest BCUT2D eigenvalue weighted by Crippen LogP contribution is 2.14. The molecule has 0 radical (unpaired) electrons. The van der Waals surface area contributed by atoms with Gasteiger partial charge in [-0.1, -0.05) is 12.2 Å². The summed E-state index contributed by atoms with van der Waals surface area (Å²) in [5.41, 5.74) is 5.24. The molecule has 0 unspecified atom stereocenters. The first-order chi connectivity index (χ1) is 6.58. The summed E-state index contributed by atoms with van der Waals surface area (Å²) in [4.78, 5) is 13.8. The molecule has 5 heteroatoms. The minimum absolute atomic E-state index is 0.122. The third kappa shape index (κ3) is 3.85. The highest BCUT2D eigenvalue weighted by Gasteiger charge is 2.03. The molecule has 0 aliphatic rings. The normalized spacial score (nSPS) is 9.79. The van der Waals surface area contributed by atoms with E-state index >= 15 is 0 Å². The number of nitrogens with one attached hydrogen (secondary N) is 1. The predicted molar refractivity (Wildman–Crippen MR) is 62.3 cm³/mol. The lowest BCUT2D eigenvalue weighted by molar-refractivity contribution is -0.120. The molecule has 0 bridgehead atoms. The van der Waals surface area contributed by atoms with Crippen molar-refractivity contribution in [3.63, 3.8) is 0 Å². The van der Waals surface area contributed by atoms with Crippen LogP contribution in [-0.2, 0) is 11.3 Å². The van der Waals surface area contributed by atoms with E-state index in [0.717, 1.165) is 4.88 Å². The quantitative estimate of drug-likeness (QED) is 0.765. The van der Waals surface area contributed by atoms with Gasteiger partial charge in [0.1, 0.15) is 0 Å². The summed E-state index contributed by atoms with van der Waals surface area (Å²) < 4.78 is 0. The number of carbonyl (C=O) groups is 1. The fourth-order valence-corrected chi connectivity index (χ4v) is 1.95. The maximum absolute atomic E-state index is 11.2. The molecule has 1 rings (SSSR count). The van der Waals surface area contributed by atoms with E-state index in [1.807, 2.05) is 19.1 Å². The fraction of sp³-hybridized carbons (Fsp3) is 0.333. The average molecular weight is 228 g/mol. The van der Waals surface area contributed by atoms with Gasteiger partial charge in [-0.3, -0.25) is 4.79 Å².